The molecule has 0 radical (unpaired) electrons. The van der Waals surface area contributed by atoms with E-state index in [-0.39, 0.29) is 12.2 Å². The summed E-state index contributed by atoms with van der Waals surface area (Å²) in [5.74, 6) is 0.849. The maximum Gasteiger partial charge on any atom is 0.118 e. The highest BCUT2D eigenvalue weighted by Crippen LogP contribution is 2.19. The normalized spacial score (nSPS) is 21.4. The lowest BCUT2D eigenvalue weighted by molar-refractivity contribution is 0.0541. The van der Waals surface area contributed by atoms with Crippen molar-refractivity contribution in [3.8, 4) is 5.75 Å². The molecular weight excluding hydrogens is 216 g/mol. The first-order valence-electron chi connectivity index (χ1n) is 6.20. The van der Waals surface area contributed by atoms with Crippen molar-refractivity contribution < 1.29 is 14.6 Å². The Morgan fingerprint density at radius 2 is 2.18 bits per heavy atom. The van der Waals surface area contributed by atoms with Gasteiger partial charge in [-0.2, -0.15) is 0 Å². The Morgan fingerprint density at radius 1 is 1.41 bits per heavy atom. The SMILES string of the molecule is COc1ccc(CC(O)CC2CCCO2)cc1. The van der Waals surface area contributed by atoms with Gasteiger partial charge in [0.2, 0.25) is 0 Å². The number of hydrogen-bond donors (Lipinski definition) is 1. The molecule has 1 aliphatic rings. The van der Waals surface area contributed by atoms with E-state index in [0.29, 0.717) is 6.42 Å². The molecule has 3 heteroatoms. The molecule has 1 saturated heterocycles. The fourth-order valence-corrected chi connectivity index (χ4v) is 2.25. The van der Waals surface area contributed by atoms with Crippen LogP contribution in [-0.4, -0.2) is 31.0 Å². The summed E-state index contributed by atoms with van der Waals surface area (Å²) in [6, 6.07) is 7.84. The molecule has 1 aromatic rings. The average Bonchev–Trinajstić information content (AvgIpc) is 2.82. The summed E-state index contributed by atoms with van der Waals surface area (Å²) in [5, 5.41) is 9.98. The van der Waals surface area contributed by atoms with Gasteiger partial charge in [0.1, 0.15) is 5.75 Å². The zero-order valence-electron chi connectivity index (χ0n) is 10.3. The highest BCUT2D eigenvalue weighted by molar-refractivity contribution is 5.27. The molecule has 2 unspecified atom stereocenters. The summed E-state index contributed by atoms with van der Waals surface area (Å²) in [6.45, 7) is 0.847. The number of ether oxygens (including phenoxy) is 2. The van der Waals surface area contributed by atoms with Crippen LogP contribution in [0.25, 0.3) is 0 Å². The van der Waals surface area contributed by atoms with Gasteiger partial charge in [-0.1, -0.05) is 12.1 Å². The number of benzene rings is 1. The molecule has 1 N–H and O–H groups in total. The Labute approximate surface area is 102 Å². The second-order valence-corrected chi connectivity index (χ2v) is 4.58. The smallest absolute Gasteiger partial charge is 0.118 e. The van der Waals surface area contributed by atoms with Crippen LogP contribution < -0.4 is 4.74 Å². The summed E-state index contributed by atoms with van der Waals surface area (Å²) in [6.07, 6.45) is 3.57. The van der Waals surface area contributed by atoms with Gasteiger partial charge in [0, 0.05) is 6.61 Å². The van der Waals surface area contributed by atoms with E-state index in [1.165, 1.54) is 0 Å². The third-order valence-corrected chi connectivity index (χ3v) is 3.19. The van der Waals surface area contributed by atoms with E-state index < -0.39 is 0 Å². The Bertz CT molecular complexity index is 328. The van der Waals surface area contributed by atoms with Crippen molar-refractivity contribution >= 4 is 0 Å². The Balaban J connectivity index is 1.81. The van der Waals surface area contributed by atoms with E-state index in [1.54, 1.807) is 7.11 Å². The van der Waals surface area contributed by atoms with E-state index in [1.807, 2.05) is 24.3 Å². The van der Waals surface area contributed by atoms with Gasteiger partial charge in [0.25, 0.3) is 0 Å². The predicted molar refractivity (Wildman–Crippen MR) is 66.3 cm³/mol. The van der Waals surface area contributed by atoms with Crippen LogP contribution >= 0.6 is 0 Å². The summed E-state index contributed by atoms with van der Waals surface area (Å²) in [5.41, 5.74) is 1.14. The van der Waals surface area contributed by atoms with E-state index in [2.05, 4.69) is 0 Å². The number of methoxy groups -OCH3 is 1. The van der Waals surface area contributed by atoms with E-state index in [4.69, 9.17) is 9.47 Å². The van der Waals surface area contributed by atoms with Crippen LogP contribution in [0.2, 0.25) is 0 Å². The van der Waals surface area contributed by atoms with Crippen LogP contribution in [0, 0.1) is 0 Å². The topological polar surface area (TPSA) is 38.7 Å². The number of aliphatic hydroxyl groups excluding tert-OH is 1. The summed E-state index contributed by atoms with van der Waals surface area (Å²) >= 11 is 0. The highest BCUT2D eigenvalue weighted by atomic mass is 16.5. The molecule has 2 rings (SSSR count). The summed E-state index contributed by atoms with van der Waals surface area (Å²) in [7, 11) is 1.65. The van der Waals surface area contributed by atoms with Gasteiger partial charge in [-0.3, -0.25) is 0 Å². The van der Waals surface area contributed by atoms with Crippen LogP contribution in [-0.2, 0) is 11.2 Å². The maximum atomic E-state index is 9.98. The minimum Gasteiger partial charge on any atom is -0.497 e. The number of aliphatic hydroxyl groups is 1. The molecule has 0 aromatic heterocycles. The number of rotatable bonds is 5. The first kappa shape index (κ1) is 12.4. The quantitative estimate of drug-likeness (QED) is 0.851. The van der Waals surface area contributed by atoms with E-state index in [9.17, 15) is 5.11 Å². The lowest BCUT2D eigenvalue weighted by atomic mass is 10.0. The first-order valence-corrected chi connectivity index (χ1v) is 6.20. The van der Waals surface area contributed by atoms with Gasteiger partial charge < -0.3 is 14.6 Å². The fourth-order valence-electron chi connectivity index (χ4n) is 2.25. The molecule has 17 heavy (non-hydrogen) atoms. The van der Waals surface area contributed by atoms with Crippen molar-refractivity contribution in [1.29, 1.82) is 0 Å². The molecule has 0 amide bonds. The molecule has 3 nitrogen and oxygen atoms in total. The molecule has 0 saturated carbocycles. The minimum atomic E-state index is -0.313. The van der Waals surface area contributed by atoms with Gasteiger partial charge in [-0.15, -0.1) is 0 Å². The van der Waals surface area contributed by atoms with Crippen molar-refractivity contribution in [2.45, 2.75) is 37.9 Å². The van der Waals surface area contributed by atoms with Crippen molar-refractivity contribution in [3.63, 3.8) is 0 Å². The van der Waals surface area contributed by atoms with Gasteiger partial charge in [0.05, 0.1) is 19.3 Å². The fraction of sp³-hybridized carbons (Fsp3) is 0.571. The van der Waals surface area contributed by atoms with Crippen LogP contribution in [0.4, 0.5) is 0 Å². The average molecular weight is 236 g/mol. The molecule has 0 bridgehead atoms. The molecule has 0 spiro atoms. The van der Waals surface area contributed by atoms with Crippen LogP contribution in [0.3, 0.4) is 0 Å². The highest BCUT2D eigenvalue weighted by Gasteiger charge is 2.19. The molecule has 1 heterocycles. The predicted octanol–water partition coefficient (Wildman–Crippen LogP) is 2.17. The number of hydrogen-bond acceptors (Lipinski definition) is 3. The zero-order valence-corrected chi connectivity index (χ0v) is 10.3. The zero-order chi connectivity index (χ0) is 12.1. The monoisotopic (exact) mass is 236 g/mol. The molecule has 1 fully saturated rings. The third-order valence-electron chi connectivity index (χ3n) is 3.19. The summed E-state index contributed by atoms with van der Waals surface area (Å²) < 4.78 is 10.6. The Kier molecular flexibility index (Phi) is 4.40. The Morgan fingerprint density at radius 3 is 2.76 bits per heavy atom. The largest absolute Gasteiger partial charge is 0.497 e. The van der Waals surface area contributed by atoms with Gasteiger partial charge in [0.15, 0.2) is 0 Å². The van der Waals surface area contributed by atoms with Crippen LogP contribution in [0.1, 0.15) is 24.8 Å². The van der Waals surface area contributed by atoms with Gasteiger partial charge in [-0.05, 0) is 43.4 Å². The standard InChI is InChI=1S/C14H20O3/c1-16-13-6-4-11(5-7-13)9-12(15)10-14-3-2-8-17-14/h4-7,12,14-15H,2-3,8-10H2,1H3. The third kappa shape index (κ3) is 3.72. The van der Waals surface area contributed by atoms with Crippen molar-refractivity contribution in [2.24, 2.45) is 0 Å². The van der Waals surface area contributed by atoms with E-state index in [0.717, 1.165) is 37.2 Å². The second-order valence-electron chi connectivity index (χ2n) is 4.58. The van der Waals surface area contributed by atoms with Gasteiger partial charge >= 0.3 is 0 Å². The van der Waals surface area contributed by atoms with E-state index >= 15 is 0 Å². The molecule has 1 aromatic carbocycles. The molecule has 2 atom stereocenters. The Hall–Kier alpha value is -1.06. The van der Waals surface area contributed by atoms with Crippen LogP contribution in [0.5, 0.6) is 5.75 Å². The maximum absolute atomic E-state index is 9.98. The van der Waals surface area contributed by atoms with Crippen molar-refractivity contribution in [1.82, 2.24) is 0 Å². The van der Waals surface area contributed by atoms with Gasteiger partial charge in [-0.25, -0.2) is 0 Å². The molecular formula is C14H20O3. The van der Waals surface area contributed by atoms with Crippen molar-refractivity contribution in [2.75, 3.05) is 13.7 Å². The molecule has 94 valence electrons. The second kappa shape index (κ2) is 6.03. The lowest BCUT2D eigenvalue weighted by Crippen LogP contribution is -2.19. The first-order chi connectivity index (χ1) is 8.28. The lowest BCUT2D eigenvalue weighted by Gasteiger charge is -2.15. The molecule has 1 aliphatic heterocycles. The minimum absolute atomic E-state index is 0.253. The van der Waals surface area contributed by atoms with Crippen molar-refractivity contribution in [3.05, 3.63) is 29.8 Å². The van der Waals surface area contributed by atoms with Crippen LogP contribution in [0.15, 0.2) is 24.3 Å². The summed E-state index contributed by atoms with van der Waals surface area (Å²) in [4.78, 5) is 0. The molecule has 0 aliphatic carbocycles.